The smallest absolute Gasteiger partial charge is 0.256 e. The second-order valence-electron chi connectivity index (χ2n) is 10.4. The molecule has 3 heterocycles. The number of para-hydroxylation sites is 1. The average Bonchev–Trinajstić information content (AvgIpc) is 3.43. The summed E-state index contributed by atoms with van der Waals surface area (Å²) in [6.07, 6.45) is 3.87. The number of likely N-dealkylation sites (tertiary alicyclic amines) is 1. The number of anilines is 1. The van der Waals surface area contributed by atoms with E-state index in [1.165, 1.54) is 16.0 Å². The molecule has 3 atom stereocenters. The van der Waals surface area contributed by atoms with Gasteiger partial charge in [0.05, 0.1) is 17.0 Å². The summed E-state index contributed by atoms with van der Waals surface area (Å²) in [6, 6.07) is 15.6. The molecule has 188 valence electrons. The highest BCUT2D eigenvalue weighted by Crippen LogP contribution is 2.46. The topological polar surface area (TPSA) is 106 Å². The highest BCUT2D eigenvalue weighted by atomic mass is 16.2. The number of hydrogen-bond acceptors (Lipinski definition) is 5. The molecule has 3 amide bonds. The fourth-order valence-corrected chi connectivity index (χ4v) is 5.67. The zero-order valence-corrected chi connectivity index (χ0v) is 21.1. The predicted octanol–water partition coefficient (Wildman–Crippen LogP) is 3.74. The first kappa shape index (κ1) is 24.4. The number of benzene rings is 2. The Morgan fingerprint density at radius 1 is 1.19 bits per heavy atom. The number of nitrogens with one attached hydrogen (secondary N) is 1. The summed E-state index contributed by atoms with van der Waals surface area (Å²) in [5.74, 6) is -0.716. The average molecular weight is 496 g/mol. The third-order valence-corrected chi connectivity index (χ3v) is 7.58. The van der Waals surface area contributed by atoms with Crippen molar-refractivity contribution in [3.05, 3.63) is 72.1 Å². The molecule has 1 fully saturated rings. The number of aromatic nitrogens is 1. The lowest BCUT2D eigenvalue weighted by atomic mass is 9.80. The van der Waals surface area contributed by atoms with Crippen molar-refractivity contribution < 1.29 is 14.4 Å². The summed E-state index contributed by atoms with van der Waals surface area (Å²) in [6.45, 7) is 4.08. The Hall–Kier alpha value is -4.25. The highest BCUT2D eigenvalue weighted by Gasteiger charge is 2.56. The molecule has 2 aliphatic rings. The Morgan fingerprint density at radius 3 is 2.68 bits per heavy atom. The Kier molecular flexibility index (Phi) is 6.16. The van der Waals surface area contributed by atoms with E-state index in [1.54, 1.807) is 13.2 Å². The summed E-state index contributed by atoms with van der Waals surface area (Å²) in [5, 5.41) is 14.5. The minimum absolute atomic E-state index is 0.0966. The summed E-state index contributed by atoms with van der Waals surface area (Å²) >= 11 is 0. The summed E-state index contributed by atoms with van der Waals surface area (Å²) in [4.78, 5) is 48.1. The molecule has 1 spiro atoms. The van der Waals surface area contributed by atoms with Crippen molar-refractivity contribution in [1.82, 2.24) is 14.8 Å². The van der Waals surface area contributed by atoms with E-state index >= 15 is 0 Å². The van der Waals surface area contributed by atoms with Gasteiger partial charge < -0.3 is 15.1 Å². The summed E-state index contributed by atoms with van der Waals surface area (Å²) in [5.41, 5.74) is 0.966. The molecule has 0 unspecified atom stereocenters. The maximum atomic E-state index is 14.1. The Balaban J connectivity index is 1.48. The number of hydrogen-bond donors (Lipinski definition) is 1. The van der Waals surface area contributed by atoms with Crippen LogP contribution in [0.5, 0.6) is 0 Å². The highest BCUT2D eigenvalue weighted by molar-refractivity contribution is 6.09. The standard InChI is InChI=1S/C29H29N5O3/c1-18(2)12-25(33(3)26(35)22-16-31-15-19-8-4-5-9-21(19)22)27(36)34-17-29(13-20(34)14-30)23-10-6-7-11-24(23)32-28(29)37/h4-11,15-16,18,20,25H,12-13,17H2,1-3H3,(H,32,37)/t20-,25-,29-/m0/s1. The van der Waals surface area contributed by atoms with Gasteiger partial charge in [-0.05, 0) is 29.4 Å². The first-order chi connectivity index (χ1) is 17.8. The zero-order chi connectivity index (χ0) is 26.3. The molecule has 0 saturated carbocycles. The van der Waals surface area contributed by atoms with Gasteiger partial charge in [-0.1, -0.05) is 56.3 Å². The van der Waals surface area contributed by atoms with Crippen molar-refractivity contribution in [3.8, 4) is 6.07 Å². The van der Waals surface area contributed by atoms with Crippen LogP contribution in [0.2, 0.25) is 0 Å². The number of rotatable bonds is 5. The van der Waals surface area contributed by atoms with Gasteiger partial charge in [-0.2, -0.15) is 5.26 Å². The molecule has 1 aromatic heterocycles. The van der Waals surface area contributed by atoms with Gasteiger partial charge in [-0.25, -0.2) is 0 Å². The van der Waals surface area contributed by atoms with Gasteiger partial charge in [-0.15, -0.1) is 0 Å². The minimum atomic E-state index is -0.975. The van der Waals surface area contributed by atoms with Gasteiger partial charge in [0.15, 0.2) is 0 Å². The molecule has 8 nitrogen and oxygen atoms in total. The van der Waals surface area contributed by atoms with Crippen LogP contribution < -0.4 is 5.32 Å². The molecule has 1 N–H and O–H groups in total. The van der Waals surface area contributed by atoms with Gasteiger partial charge in [0.1, 0.15) is 12.1 Å². The maximum Gasteiger partial charge on any atom is 0.256 e. The molecule has 0 bridgehead atoms. The predicted molar refractivity (Wildman–Crippen MR) is 140 cm³/mol. The van der Waals surface area contributed by atoms with Crippen LogP contribution in [0.1, 0.15) is 42.6 Å². The van der Waals surface area contributed by atoms with E-state index in [9.17, 15) is 19.6 Å². The summed E-state index contributed by atoms with van der Waals surface area (Å²) in [7, 11) is 1.62. The first-order valence-corrected chi connectivity index (χ1v) is 12.5. The van der Waals surface area contributed by atoms with Crippen LogP contribution in [0.25, 0.3) is 10.8 Å². The van der Waals surface area contributed by atoms with Gasteiger partial charge >= 0.3 is 0 Å². The lowest BCUT2D eigenvalue weighted by Gasteiger charge is -2.33. The van der Waals surface area contributed by atoms with Crippen LogP contribution in [0, 0.1) is 17.2 Å². The molecule has 3 aromatic rings. The van der Waals surface area contributed by atoms with Gasteiger partial charge in [-0.3, -0.25) is 19.4 Å². The third kappa shape index (κ3) is 4.01. The second-order valence-corrected chi connectivity index (χ2v) is 10.4. The molecule has 2 aliphatic heterocycles. The normalized spacial score (nSPS) is 21.1. The second kappa shape index (κ2) is 9.32. The number of nitriles is 1. The van der Waals surface area contributed by atoms with Gasteiger partial charge in [0, 0.05) is 43.5 Å². The maximum absolute atomic E-state index is 14.1. The number of carbonyl (C=O) groups is 3. The van der Waals surface area contributed by atoms with Crippen molar-refractivity contribution in [3.63, 3.8) is 0 Å². The van der Waals surface area contributed by atoms with Crippen LogP contribution in [-0.4, -0.2) is 58.2 Å². The van der Waals surface area contributed by atoms with Crippen LogP contribution in [0.15, 0.2) is 60.9 Å². The fraction of sp³-hybridized carbons (Fsp3) is 0.345. The number of amides is 3. The first-order valence-electron chi connectivity index (χ1n) is 12.5. The largest absolute Gasteiger partial charge is 0.330 e. The molecular formula is C29H29N5O3. The Labute approximate surface area is 215 Å². The van der Waals surface area contributed by atoms with Gasteiger partial charge in [0.2, 0.25) is 11.8 Å². The zero-order valence-electron chi connectivity index (χ0n) is 21.1. The number of likely N-dealkylation sites (N-methyl/N-ethyl adjacent to an activating group) is 1. The molecule has 2 aromatic carbocycles. The molecule has 8 heteroatoms. The van der Waals surface area contributed by atoms with Crippen molar-refractivity contribution in [2.45, 2.75) is 44.2 Å². The quantitative estimate of drug-likeness (QED) is 0.580. The van der Waals surface area contributed by atoms with Crippen molar-refractivity contribution in [1.29, 1.82) is 5.26 Å². The molecule has 0 radical (unpaired) electrons. The van der Waals surface area contributed by atoms with E-state index in [0.29, 0.717) is 17.7 Å². The van der Waals surface area contributed by atoms with Crippen molar-refractivity contribution >= 4 is 34.2 Å². The number of fused-ring (bicyclic) bond motifs is 3. The van der Waals surface area contributed by atoms with Crippen LogP contribution >= 0.6 is 0 Å². The molecule has 5 rings (SSSR count). The monoisotopic (exact) mass is 495 g/mol. The lowest BCUT2D eigenvalue weighted by molar-refractivity contribution is -0.136. The van der Waals surface area contributed by atoms with E-state index in [0.717, 1.165) is 16.3 Å². The van der Waals surface area contributed by atoms with Crippen molar-refractivity contribution in [2.24, 2.45) is 5.92 Å². The number of carbonyl (C=O) groups excluding carboxylic acids is 3. The van der Waals surface area contributed by atoms with E-state index in [-0.39, 0.29) is 36.6 Å². The van der Waals surface area contributed by atoms with Gasteiger partial charge in [0.25, 0.3) is 5.91 Å². The number of pyridine rings is 1. The van der Waals surface area contributed by atoms with Crippen LogP contribution in [-0.2, 0) is 15.0 Å². The third-order valence-electron chi connectivity index (χ3n) is 7.58. The molecule has 1 saturated heterocycles. The Bertz CT molecular complexity index is 1440. The van der Waals surface area contributed by atoms with Crippen LogP contribution in [0.3, 0.4) is 0 Å². The van der Waals surface area contributed by atoms with E-state index in [1.807, 2.05) is 62.4 Å². The number of nitrogens with zero attached hydrogens (tertiary/aromatic N) is 4. The lowest BCUT2D eigenvalue weighted by Crippen LogP contribution is -2.52. The van der Waals surface area contributed by atoms with E-state index in [4.69, 9.17) is 0 Å². The van der Waals surface area contributed by atoms with Crippen molar-refractivity contribution in [2.75, 3.05) is 18.9 Å². The fourth-order valence-electron chi connectivity index (χ4n) is 5.67. The minimum Gasteiger partial charge on any atom is -0.330 e. The van der Waals surface area contributed by atoms with E-state index < -0.39 is 17.5 Å². The van der Waals surface area contributed by atoms with E-state index in [2.05, 4.69) is 16.4 Å². The van der Waals surface area contributed by atoms with Crippen LogP contribution in [0.4, 0.5) is 5.69 Å². The summed E-state index contributed by atoms with van der Waals surface area (Å²) < 4.78 is 0. The SMILES string of the molecule is CC(C)C[C@@H](C(=O)N1C[C@]2(C[C@H]1C#N)C(=O)Nc1ccccc12)N(C)C(=O)c1cncc2ccccc12. The molecule has 37 heavy (non-hydrogen) atoms. The molecular weight excluding hydrogens is 466 g/mol. The Morgan fingerprint density at radius 2 is 1.92 bits per heavy atom. The molecule has 0 aliphatic carbocycles.